The van der Waals surface area contributed by atoms with Crippen molar-refractivity contribution in [1.29, 1.82) is 0 Å². The largest absolute Gasteiger partial charge is 0.477 e. The second kappa shape index (κ2) is 6.83. The zero-order valence-corrected chi connectivity index (χ0v) is 15.0. The second-order valence-corrected chi connectivity index (χ2v) is 7.83. The maximum Gasteiger partial charge on any atom is 0.266 e. The molecule has 2 atom stereocenters. The molecule has 2 fully saturated rings. The molecule has 0 bridgehead atoms. The zero-order chi connectivity index (χ0) is 17.3. The van der Waals surface area contributed by atoms with E-state index in [1.165, 1.54) is 5.56 Å². The first-order chi connectivity index (χ1) is 12.2. The minimum absolute atomic E-state index is 0.198. The number of ether oxygens (including phenoxy) is 1. The van der Waals surface area contributed by atoms with Crippen molar-refractivity contribution in [2.24, 2.45) is 11.8 Å². The average molecular weight is 340 g/mol. The van der Waals surface area contributed by atoms with Gasteiger partial charge in [-0.2, -0.15) is 0 Å². The number of fused-ring (bicyclic) bond motifs is 1. The van der Waals surface area contributed by atoms with E-state index in [2.05, 4.69) is 29.3 Å². The lowest BCUT2D eigenvalue weighted by molar-refractivity contribution is -0.149. The summed E-state index contributed by atoms with van der Waals surface area (Å²) in [6.07, 6.45) is 8.26. The normalized spacial score (nSPS) is 27.8. The van der Waals surface area contributed by atoms with Crippen LogP contribution in [0.2, 0.25) is 0 Å². The lowest BCUT2D eigenvalue weighted by Gasteiger charge is -2.39. The Morgan fingerprint density at radius 3 is 2.28 bits per heavy atom. The second-order valence-electron chi connectivity index (χ2n) is 7.83. The highest BCUT2D eigenvalue weighted by atomic mass is 16.5. The molecule has 2 saturated heterocycles. The highest BCUT2D eigenvalue weighted by molar-refractivity contribution is 5.86. The Balaban J connectivity index is 1.54. The predicted octanol–water partition coefficient (Wildman–Crippen LogP) is 2.92. The van der Waals surface area contributed by atoms with Crippen molar-refractivity contribution in [3.63, 3.8) is 0 Å². The van der Waals surface area contributed by atoms with E-state index in [1.807, 2.05) is 24.3 Å². The highest BCUT2D eigenvalue weighted by Crippen LogP contribution is 2.36. The van der Waals surface area contributed by atoms with E-state index < -0.39 is 5.60 Å². The van der Waals surface area contributed by atoms with Crippen LogP contribution >= 0.6 is 0 Å². The molecule has 4 heteroatoms. The Labute approximate surface area is 150 Å². The summed E-state index contributed by atoms with van der Waals surface area (Å²) < 4.78 is 6.38. The number of aryl methyl sites for hydroxylation is 1. The number of amides is 1. The highest BCUT2D eigenvalue weighted by Gasteiger charge is 2.47. The van der Waals surface area contributed by atoms with Crippen LogP contribution in [0.5, 0.6) is 5.75 Å². The summed E-state index contributed by atoms with van der Waals surface area (Å²) in [7, 11) is 0. The zero-order valence-electron chi connectivity index (χ0n) is 15.0. The molecule has 3 aliphatic rings. The van der Waals surface area contributed by atoms with Crippen molar-refractivity contribution in [2.45, 2.75) is 38.2 Å². The molecular weight excluding hydrogens is 312 g/mol. The summed E-state index contributed by atoms with van der Waals surface area (Å²) in [6, 6.07) is 8.06. The van der Waals surface area contributed by atoms with E-state index >= 15 is 0 Å². The molecule has 2 heterocycles. The van der Waals surface area contributed by atoms with Gasteiger partial charge in [-0.25, -0.2) is 0 Å². The van der Waals surface area contributed by atoms with E-state index in [1.54, 1.807) is 0 Å². The van der Waals surface area contributed by atoms with Crippen molar-refractivity contribution in [3.8, 4) is 5.75 Å². The minimum Gasteiger partial charge on any atom is -0.477 e. The standard InChI is InChI=1S/C21H28N2O2/c1-16-6-8-19(9-7-16)25-21(10-12-22-13-11-21)20(24)23-14-17-4-2-3-5-18(17)15-23/h2-3,6-9,17-18,22H,4-5,10-15H2,1H3/t17-,18+. The molecule has 0 unspecified atom stereocenters. The van der Waals surface area contributed by atoms with E-state index in [-0.39, 0.29) is 5.91 Å². The molecule has 4 nitrogen and oxygen atoms in total. The van der Waals surface area contributed by atoms with Crippen LogP contribution in [-0.4, -0.2) is 42.6 Å². The van der Waals surface area contributed by atoms with E-state index in [9.17, 15) is 4.79 Å². The van der Waals surface area contributed by atoms with Crippen molar-refractivity contribution in [1.82, 2.24) is 10.2 Å². The number of carbonyl (C=O) groups excluding carboxylic acids is 1. The molecule has 0 aromatic heterocycles. The fourth-order valence-corrected chi connectivity index (χ4v) is 4.49. The van der Waals surface area contributed by atoms with E-state index in [0.717, 1.165) is 57.6 Å². The third-order valence-electron chi connectivity index (χ3n) is 6.04. The van der Waals surface area contributed by atoms with Crippen LogP contribution in [0.15, 0.2) is 36.4 Å². The summed E-state index contributed by atoms with van der Waals surface area (Å²) in [6.45, 7) is 5.51. The van der Waals surface area contributed by atoms with E-state index in [0.29, 0.717) is 11.8 Å². The van der Waals surface area contributed by atoms with Gasteiger partial charge in [0.25, 0.3) is 5.91 Å². The number of benzene rings is 1. The number of carbonyl (C=O) groups is 1. The SMILES string of the molecule is Cc1ccc(OC2(C(=O)N3C[C@H]4CC=CC[C@H]4C3)CCNCC2)cc1. The molecule has 134 valence electrons. The lowest BCUT2D eigenvalue weighted by Crippen LogP contribution is -2.57. The number of nitrogens with zero attached hydrogens (tertiary/aromatic N) is 1. The Morgan fingerprint density at radius 2 is 1.68 bits per heavy atom. The Kier molecular flexibility index (Phi) is 4.55. The van der Waals surface area contributed by atoms with Gasteiger partial charge in [0.2, 0.25) is 0 Å². The Morgan fingerprint density at radius 1 is 1.08 bits per heavy atom. The van der Waals surface area contributed by atoms with Crippen LogP contribution in [-0.2, 0) is 4.79 Å². The number of likely N-dealkylation sites (tertiary alicyclic amines) is 1. The molecule has 0 radical (unpaired) electrons. The van der Waals surface area contributed by atoms with Gasteiger partial charge in [0.1, 0.15) is 5.75 Å². The fraction of sp³-hybridized carbons (Fsp3) is 0.571. The van der Waals surface area contributed by atoms with Gasteiger partial charge >= 0.3 is 0 Å². The van der Waals surface area contributed by atoms with Crippen LogP contribution in [0.4, 0.5) is 0 Å². The number of nitrogens with one attached hydrogen (secondary N) is 1. The topological polar surface area (TPSA) is 41.6 Å². The quantitative estimate of drug-likeness (QED) is 0.860. The third-order valence-corrected chi connectivity index (χ3v) is 6.04. The predicted molar refractivity (Wildman–Crippen MR) is 98.6 cm³/mol. The van der Waals surface area contributed by atoms with Gasteiger partial charge in [-0.15, -0.1) is 0 Å². The summed E-state index contributed by atoms with van der Waals surface area (Å²) in [4.78, 5) is 15.6. The first-order valence-electron chi connectivity index (χ1n) is 9.57. The Bertz CT molecular complexity index is 630. The van der Waals surface area contributed by atoms with Gasteiger partial charge in [0, 0.05) is 25.9 Å². The molecule has 1 aromatic carbocycles. The number of piperidine rings is 1. The van der Waals surface area contributed by atoms with Gasteiger partial charge in [-0.1, -0.05) is 29.8 Å². The van der Waals surface area contributed by atoms with Crippen LogP contribution in [0.3, 0.4) is 0 Å². The number of hydrogen-bond acceptors (Lipinski definition) is 3. The van der Waals surface area contributed by atoms with Crippen LogP contribution in [0.25, 0.3) is 0 Å². The Hall–Kier alpha value is -1.81. The summed E-state index contributed by atoms with van der Waals surface area (Å²) >= 11 is 0. The third kappa shape index (κ3) is 3.32. The first-order valence-corrected chi connectivity index (χ1v) is 9.57. The molecule has 0 saturated carbocycles. The van der Waals surface area contributed by atoms with Crippen LogP contribution < -0.4 is 10.1 Å². The molecule has 1 amide bonds. The summed E-state index contributed by atoms with van der Waals surface area (Å²) in [5.74, 6) is 2.27. The molecule has 1 aliphatic carbocycles. The lowest BCUT2D eigenvalue weighted by atomic mass is 9.86. The maximum atomic E-state index is 13.5. The average Bonchev–Trinajstić information content (AvgIpc) is 3.08. The summed E-state index contributed by atoms with van der Waals surface area (Å²) in [5, 5.41) is 3.37. The minimum atomic E-state index is -0.707. The fourth-order valence-electron chi connectivity index (χ4n) is 4.49. The monoisotopic (exact) mass is 340 g/mol. The van der Waals surface area contributed by atoms with Crippen molar-refractivity contribution in [2.75, 3.05) is 26.2 Å². The van der Waals surface area contributed by atoms with Crippen molar-refractivity contribution < 1.29 is 9.53 Å². The van der Waals surface area contributed by atoms with Gasteiger partial charge < -0.3 is 15.0 Å². The number of allylic oxidation sites excluding steroid dienone is 2. The van der Waals surface area contributed by atoms with Gasteiger partial charge in [-0.3, -0.25) is 4.79 Å². The summed E-state index contributed by atoms with van der Waals surface area (Å²) in [5.41, 5.74) is 0.496. The number of rotatable bonds is 3. The molecule has 2 aliphatic heterocycles. The number of hydrogen-bond donors (Lipinski definition) is 1. The van der Waals surface area contributed by atoms with Crippen molar-refractivity contribution >= 4 is 5.91 Å². The molecule has 4 rings (SSSR count). The molecule has 1 aromatic rings. The molecule has 0 spiro atoms. The van der Waals surface area contributed by atoms with Gasteiger partial charge in [-0.05, 0) is 56.8 Å². The first kappa shape index (κ1) is 16.6. The smallest absolute Gasteiger partial charge is 0.266 e. The molecule has 25 heavy (non-hydrogen) atoms. The van der Waals surface area contributed by atoms with Gasteiger partial charge in [0.05, 0.1) is 0 Å². The molecular formula is C21H28N2O2. The van der Waals surface area contributed by atoms with Gasteiger partial charge in [0.15, 0.2) is 5.60 Å². The van der Waals surface area contributed by atoms with Crippen molar-refractivity contribution in [3.05, 3.63) is 42.0 Å². The van der Waals surface area contributed by atoms with Crippen LogP contribution in [0.1, 0.15) is 31.2 Å². The molecule has 1 N–H and O–H groups in total. The maximum absolute atomic E-state index is 13.5. The van der Waals surface area contributed by atoms with E-state index in [4.69, 9.17) is 4.74 Å². The van der Waals surface area contributed by atoms with Crippen LogP contribution in [0, 0.1) is 18.8 Å².